The van der Waals surface area contributed by atoms with Crippen LogP contribution in [0.4, 0.5) is 0 Å². The molecule has 0 bridgehead atoms. The van der Waals surface area contributed by atoms with Crippen molar-refractivity contribution in [2.45, 2.75) is 46.1 Å². The second-order valence-corrected chi connectivity index (χ2v) is 5.28. The number of rotatable bonds is 5. The maximum absolute atomic E-state index is 5.82. The van der Waals surface area contributed by atoms with Crippen LogP contribution in [-0.4, -0.2) is 43.2 Å². The van der Waals surface area contributed by atoms with Crippen LogP contribution < -0.4 is 11.3 Å². The first-order valence-corrected chi connectivity index (χ1v) is 7.05. The number of aliphatic imine (C=N–C) groups is 1. The summed E-state index contributed by atoms with van der Waals surface area (Å²) < 4.78 is 5.82. The Morgan fingerprint density at radius 1 is 1.56 bits per heavy atom. The van der Waals surface area contributed by atoms with Gasteiger partial charge in [0, 0.05) is 26.2 Å². The van der Waals surface area contributed by atoms with Crippen molar-refractivity contribution in [3.8, 4) is 0 Å². The van der Waals surface area contributed by atoms with Gasteiger partial charge in [-0.25, -0.2) is 5.84 Å². The average molecular weight is 256 g/mol. The van der Waals surface area contributed by atoms with Gasteiger partial charge in [-0.05, 0) is 25.2 Å². The van der Waals surface area contributed by atoms with E-state index in [9.17, 15) is 0 Å². The molecule has 1 aliphatic rings. The summed E-state index contributed by atoms with van der Waals surface area (Å²) in [5, 5.41) is 0. The molecule has 0 amide bonds. The van der Waals surface area contributed by atoms with E-state index in [-0.39, 0.29) is 0 Å². The zero-order valence-corrected chi connectivity index (χ0v) is 12.0. The molecule has 1 rings (SSSR count). The highest BCUT2D eigenvalue weighted by Crippen LogP contribution is 2.13. The van der Waals surface area contributed by atoms with Gasteiger partial charge in [0.05, 0.1) is 6.10 Å². The molecule has 18 heavy (non-hydrogen) atoms. The molecule has 1 heterocycles. The smallest absolute Gasteiger partial charge is 0.208 e. The lowest BCUT2D eigenvalue weighted by Gasteiger charge is -2.34. The highest BCUT2D eigenvalue weighted by atomic mass is 16.5. The average Bonchev–Trinajstić information content (AvgIpc) is 2.37. The number of hydrazine groups is 1. The standard InChI is InChI=1S/C13H28N4O/c1-4-8-18-12-6-5-7-17(10-12)13(16-14)15-9-11(2)3/h11-12H,4-10,14H2,1-3H3,(H,15,16). The highest BCUT2D eigenvalue weighted by Gasteiger charge is 2.22. The predicted molar refractivity (Wildman–Crippen MR) is 75.3 cm³/mol. The van der Waals surface area contributed by atoms with Crippen LogP contribution in [0.15, 0.2) is 4.99 Å². The van der Waals surface area contributed by atoms with Crippen molar-refractivity contribution in [3.63, 3.8) is 0 Å². The van der Waals surface area contributed by atoms with Gasteiger partial charge in [0.2, 0.25) is 5.96 Å². The van der Waals surface area contributed by atoms with Gasteiger partial charge in [0.1, 0.15) is 0 Å². The lowest BCUT2D eigenvalue weighted by atomic mass is 10.1. The van der Waals surface area contributed by atoms with E-state index in [0.717, 1.165) is 51.5 Å². The molecule has 0 saturated carbocycles. The fourth-order valence-corrected chi connectivity index (χ4v) is 2.06. The topological polar surface area (TPSA) is 62.9 Å². The normalized spacial score (nSPS) is 21.5. The van der Waals surface area contributed by atoms with Crippen molar-refractivity contribution in [2.75, 3.05) is 26.2 Å². The Kier molecular flexibility index (Phi) is 7.05. The maximum Gasteiger partial charge on any atom is 0.208 e. The fraction of sp³-hybridized carbons (Fsp3) is 0.923. The highest BCUT2D eigenvalue weighted by molar-refractivity contribution is 5.79. The van der Waals surface area contributed by atoms with Crippen molar-refractivity contribution < 1.29 is 4.74 Å². The van der Waals surface area contributed by atoms with Crippen LogP contribution in [0.2, 0.25) is 0 Å². The number of hydrogen-bond acceptors (Lipinski definition) is 3. The van der Waals surface area contributed by atoms with Gasteiger partial charge >= 0.3 is 0 Å². The SMILES string of the molecule is CCCOC1CCCN(C(=NCC(C)C)NN)C1. The van der Waals surface area contributed by atoms with Crippen LogP contribution in [0.25, 0.3) is 0 Å². The Morgan fingerprint density at radius 3 is 2.94 bits per heavy atom. The number of piperidine rings is 1. The largest absolute Gasteiger partial charge is 0.376 e. The van der Waals surface area contributed by atoms with Crippen molar-refractivity contribution in [2.24, 2.45) is 16.8 Å². The maximum atomic E-state index is 5.82. The van der Waals surface area contributed by atoms with Crippen molar-refractivity contribution >= 4 is 5.96 Å². The summed E-state index contributed by atoms with van der Waals surface area (Å²) in [6.45, 7) is 9.98. The van der Waals surface area contributed by atoms with E-state index in [1.807, 2.05) is 0 Å². The molecule has 5 heteroatoms. The van der Waals surface area contributed by atoms with Crippen molar-refractivity contribution in [1.82, 2.24) is 10.3 Å². The van der Waals surface area contributed by atoms with E-state index < -0.39 is 0 Å². The van der Waals surface area contributed by atoms with Gasteiger partial charge in [-0.2, -0.15) is 0 Å². The number of nitrogens with zero attached hydrogens (tertiary/aromatic N) is 2. The summed E-state index contributed by atoms with van der Waals surface area (Å²) in [5.41, 5.74) is 2.72. The number of nitrogens with one attached hydrogen (secondary N) is 1. The molecule has 1 saturated heterocycles. The minimum absolute atomic E-state index is 0.316. The number of nitrogens with two attached hydrogens (primary N) is 1. The fourth-order valence-electron chi connectivity index (χ4n) is 2.06. The summed E-state index contributed by atoms with van der Waals surface area (Å²) in [6.07, 6.45) is 3.66. The van der Waals surface area contributed by atoms with Crippen LogP contribution >= 0.6 is 0 Å². The quantitative estimate of drug-likeness (QED) is 0.337. The molecule has 0 aromatic carbocycles. The molecule has 0 aliphatic carbocycles. The summed E-state index contributed by atoms with van der Waals surface area (Å²) in [4.78, 5) is 6.73. The third-order valence-electron chi connectivity index (χ3n) is 2.97. The molecular weight excluding hydrogens is 228 g/mol. The van der Waals surface area contributed by atoms with Gasteiger partial charge in [-0.3, -0.25) is 10.4 Å². The van der Waals surface area contributed by atoms with E-state index in [0.29, 0.717) is 12.0 Å². The first kappa shape index (κ1) is 15.2. The van der Waals surface area contributed by atoms with E-state index in [1.165, 1.54) is 0 Å². The lowest BCUT2D eigenvalue weighted by molar-refractivity contribution is 0.0157. The number of guanidine groups is 1. The Bertz CT molecular complexity index is 255. The van der Waals surface area contributed by atoms with Crippen LogP contribution in [0.3, 0.4) is 0 Å². The van der Waals surface area contributed by atoms with E-state index in [2.05, 4.69) is 36.1 Å². The first-order chi connectivity index (χ1) is 8.67. The minimum atomic E-state index is 0.316. The summed E-state index contributed by atoms with van der Waals surface area (Å²) in [7, 11) is 0. The van der Waals surface area contributed by atoms with Crippen molar-refractivity contribution in [1.29, 1.82) is 0 Å². The Morgan fingerprint density at radius 2 is 2.33 bits per heavy atom. The molecular formula is C13H28N4O. The molecule has 5 nitrogen and oxygen atoms in total. The molecule has 1 unspecified atom stereocenters. The van der Waals surface area contributed by atoms with E-state index in [4.69, 9.17) is 10.6 Å². The summed E-state index contributed by atoms with van der Waals surface area (Å²) in [6, 6.07) is 0. The molecule has 106 valence electrons. The first-order valence-electron chi connectivity index (χ1n) is 7.05. The van der Waals surface area contributed by atoms with Gasteiger partial charge < -0.3 is 9.64 Å². The van der Waals surface area contributed by atoms with E-state index in [1.54, 1.807) is 0 Å². The minimum Gasteiger partial charge on any atom is -0.376 e. The van der Waals surface area contributed by atoms with Crippen molar-refractivity contribution in [3.05, 3.63) is 0 Å². The Balaban J connectivity index is 2.49. The number of hydrogen-bond donors (Lipinski definition) is 2. The zero-order valence-electron chi connectivity index (χ0n) is 12.0. The molecule has 0 spiro atoms. The second-order valence-electron chi connectivity index (χ2n) is 5.28. The second kappa shape index (κ2) is 8.32. The third kappa shape index (κ3) is 5.23. The third-order valence-corrected chi connectivity index (χ3v) is 2.97. The molecule has 1 fully saturated rings. The van der Waals surface area contributed by atoms with Crippen LogP contribution in [0.5, 0.6) is 0 Å². The molecule has 0 aromatic heterocycles. The van der Waals surface area contributed by atoms with Crippen LogP contribution in [-0.2, 0) is 4.74 Å². The molecule has 1 atom stereocenters. The zero-order chi connectivity index (χ0) is 13.4. The van der Waals surface area contributed by atoms with Gasteiger partial charge in [0.25, 0.3) is 0 Å². The van der Waals surface area contributed by atoms with E-state index >= 15 is 0 Å². The van der Waals surface area contributed by atoms with Crippen LogP contribution in [0.1, 0.15) is 40.0 Å². The number of ether oxygens (including phenoxy) is 1. The van der Waals surface area contributed by atoms with Crippen LogP contribution in [0, 0.1) is 5.92 Å². The Labute approximate surface area is 111 Å². The Hall–Kier alpha value is -0.810. The molecule has 0 aromatic rings. The monoisotopic (exact) mass is 256 g/mol. The van der Waals surface area contributed by atoms with Gasteiger partial charge in [-0.15, -0.1) is 0 Å². The molecule has 1 aliphatic heterocycles. The van der Waals surface area contributed by atoms with Gasteiger partial charge in [-0.1, -0.05) is 20.8 Å². The number of likely N-dealkylation sites (tertiary alicyclic amines) is 1. The molecule has 3 N–H and O–H groups in total. The summed E-state index contributed by atoms with van der Waals surface area (Å²) >= 11 is 0. The molecule has 0 radical (unpaired) electrons. The predicted octanol–water partition coefficient (Wildman–Crippen LogP) is 1.35. The summed E-state index contributed by atoms with van der Waals surface area (Å²) in [5.74, 6) is 6.92. The van der Waals surface area contributed by atoms with Gasteiger partial charge in [0.15, 0.2) is 0 Å². The lowest BCUT2D eigenvalue weighted by Crippen LogP contribution is -2.51.